The van der Waals surface area contributed by atoms with Crippen LogP contribution in [0.15, 0.2) is 18.6 Å². The molecular weight excluding hydrogens is 188 g/mol. The SMILES string of the molecule is c1cnc(N2CC3CCCC(C2)N3)cn1. The lowest BCUT2D eigenvalue weighted by Crippen LogP contribution is -2.59. The van der Waals surface area contributed by atoms with Crippen LogP contribution in [0.5, 0.6) is 0 Å². The fourth-order valence-electron chi connectivity index (χ4n) is 2.65. The Balaban J connectivity index is 1.78. The maximum Gasteiger partial charge on any atom is 0.147 e. The van der Waals surface area contributed by atoms with Crippen LogP contribution in [0.2, 0.25) is 0 Å². The van der Waals surface area contributed by atoms with Crippen LogP contribution < -0.4 is 10.2 Å². The average Bonchev–Trinajstić information content (AvgIpc) is 2.30. The van der Waals surface area contributed by atoms with E-state index in [9.17, 15) is 0 Å². The van der Waals surface area contributed by atoms with Crippen LogP contribution in [0.4, 0.5) is 5.82 Å². The summed E-state index contributed by atoms with van der Waals surface area (Å²) in [6, 6.07) is 1.30. The van der Waals surface area contributed by atoms with Gasteiger partial charge in [0.1, 0.15) is 5.82 Å². The van der Waals surface area contributed by atoms with Crippen LogP contribution >= 0.6 is 0 Å². The third-order valence-electron chi connectivity index (χ3n) is 3.33. The predicted octanol–water partition coefficient (Wildman–Crippen LogP) is 0.807. The molecule has 4 nitrogen and oxygen atoms in total. The Morgan fingerprint density at radius 1 is 1.20 bits per heavy atom. The monoisotopic (exact) mass is 204 g/mol. The third kappa shape index (κ3) is 1.81. The molecule has 0 radical (unpaired) electrons. The van der Waals surface area contributed by atoms with Gasteiger partial charge in [-0.05, 0) is 12.8 Å². The van der Waals surface area contributed by atoms with Crippen molar-refractivity contribution in [2.75, 3.05) is 18.0 Å². The summed E-state index contributed by atoms with van der Waals surface area (Å²) in [7, 11) is 0. The molecule has 0 saturated carbocycles. The molecular formula is C11H16N4. The Morgan fingerprint density at radius 2 is 2.00 bits per heavy atom. The van der Waals surface area contributed by atoms with Gasteiger partial charge in [-0.15, -0.1) is 0 Å². The molecule has 2 saturated heterocycles. The van der Waals surface area contributed by atoms with Crippen molar-refractivity contribution < 1.29 is 0 Å². The smallest absolute Gasteiger partial charge is 0.147 e. The van der Waals surface area contributed by atoms with Gasteiger partial charge in [-0.1, -0.05) is 6.42 Å². The van der Waals surface area contributed by atoms with Crippen molar-refractivity contribution in [1.82, 2.24) is 15.3 Å². The Hall–Kier alpha value is -1.16. The Kier molecular flexibility index (Phi) is 2.29. The van der Waals surface area contributed by atoms with Crippen molar-refractivity contribution in [2.24, 2.45) is 0 Å². The van der Waals surface area contributed by atoms with Gasteiger partial charge in [-0.2, -0.15) is 0 Å². The van der Waals surface area contributed by atoms with Crippen molar-refractivity contribution in [3.8, 4) is 0 Å². The van der Waals surface area contributed by atoms with Crippen molar-refractivity contribution in [3.63, 3.8) is 0 Å². The van der Waals surface area contributed by atoms with Crippen LogP contribution in [0.1, 0.15) is 19.3 Å². The first-order valence-electron chi connectivity index (χ1n) is 5.69. The summed E-state index contributed by atoms with van der Waals surface area (Å²) in [6.45, 7) is 2.16. The number of piperazine rings is 1. The minimum atomic E-state index is 0.652. The maximum absolute atomic E-state index is 4.37. The quantitative estimate of drug-likeness (QED) is 0.735. The summed E-state index contributed by atoms with van der Waals surface area (Å²) in [6.07, 6.45) is 9.33. The Bertz CT molecular complexity index is 315. The predicted molar refractivity (Wildman–Crippen MR) is 58.8 cm³/mol. The second-order valence-electron chi connectivity index (χ2n) is 4.46. The number of rotatable bonds is 1. The van der Waals surface area contributed by atoms with Crippen LogP contribution in [0.3, 0.4) is 0 Å². The highest BCUT2D eigenvalue weighted by Crippen LogP contribution is 2.22. The number of hydrogen-bond acceptors (Lipinski definition) is 4. The van der Waals surface area contributed by atoms with E-state index >= 15 is 0 Å². The summed E-state index contributed by atoms with van der Waals surface area (Å²) in [5, 5.41) is 3.66. The topological polar surface area (TPSA) is 41.1 Å². The molecule has 2 bridgehead atoms. The van der Waals surface area contributed by atoms with Gasteiger partial charge < -0.3 is 10.2 Å². The molecule has 2 fully saturated rings. The normalized spacial score (nSPS) is 30.3. The summed E-state index contributed by atoms with van der Waals surface area (Å²) in [4.78, 5) is 10.9. The number of aromatic nitrogens is 2. The molecule has 0 amide bonds. The van der Waals surface area contributed by atoms with E-state index < -0.39 is 0 Å². The largest absolute Gasteiger partial charge is 0.352 e. The van der Waals surface area contributed by atoms with E-state index in [0.717, 1.165) is 18.9 Å². The first-order chi connectivity index (χ1) is 7.42. The molecule has 80 valence electrons. The second-order valence-corrected chi connectivity index (χ2v) is 4.46. The minimum absolute atomic E-state index is 0.652. The molecule has 3 heterocycles. The van der Waals surface area contributed by atoms with E-state index in [2.05, 4.69) is 20.2 Å². The number of piperidine rings is 1. The zero-order chi connectivity index (χ0) is 10.1. The summed E-state index contributed by atoms with van der Waals surface area (Å²) in [5.41, 5.74) is 0. The molecule has 15 heavy (non-hydrogen) atoms. The van der Waals surface area contributed by atoms with Gasteiger partial charge in [0.2, 0.25) is 0 Å². The first kappa shape index (κ1) is 9.09. The summed E-state index contributed by atoms with van der Waals surface area (Å²) < 4.78 is 0. The summed E-state index contributed by atoms with van der Waals surface area (Å²) in [5.74, 6) is 1.02. The number of hydrogen-bond donors (Lipinski definition) is 1. The van der Waals surface area contributed by atoms with E-state index in [-0.39, 0.29) is 0 Å². The molecule has 1 aromatic rings. The van der Waals surface area contributed by atoms with Crippen molar-refractivity contribution in [2.45, 2.75) is 31.3 Å². The Morgan fingerprint density at radius 3 is 2.67 bits per heavy atom. The molecule has 1 N–H and O–H groups in total. The van der Waals surface area contributed by atoms with E-state index in [0.29, 0.717) is 12.1 Å². The lowest BCUT2D eigenvalue weighted by atomic mass is 9.94. The molecule has 2 atom stereocenters. The fraction of sp³-hybridized carbons (Fsp3) is 0.636. The van der Waals surface area contributed by atoms with Crippen LogP contribution in [-0.2, 0) is 0 Å². The Labute approximate surface area is 89.7 Å². The van der Waals surface area contributed by atoms with E-state index in [1.165, 1.54) is 19.3 Å². The number of nitrogens with zero attached hydrogens (tertiary/aromatic N) is 3. The lowest BCUT2D eigenvalue weighted by molar-refractivity contribution is 0.282. The molecule has 2 aliphatic rings. The highest BCUT2D eigenvalue weighted by atomic mass is 15.3. The van der Waals surface area contributed by atoms with Gasteiger partial charge in [-0.25, -0.2) is 4.98 Å². The molecule has 1 aromatic heterocycles. The van der Waals surface area contributed by atoms with Gasteiger partial charge in [0, 0.05) is 37.6 Å². The van der Waals surface area contributed by atoms with Crippen molar-refractivity contribution in [3.05, 3.63) is 18.6 Å². The molecule has 0 spiro atoms. The van der Waals surface area contributed by atoms with E-state index in [1.54, 1.807) is 12.4 Å². The second kappa shape index (κ2) is 3.77. The third-order valence-corrected chi connectivity index (χ3v) is 3.33. The van der Waals surface area contributed by atoms with Gasteiger partial charge in [-0.3, -0.25) is 4.98 Å². The zero-order valence-electron chi connectivity index (χ0n) is 8.76. The molecule has 2 aliphatic heterocycles. The molecule has 2 unspecified atom stereocenters. The minimum Gasteiger partial charge on any atom is -0.352 e. The van der Waals surface area contributed by atoms with Crippen molar-refractivity contribution in [1.29, 1.82) is 0 Å². The average molecular weight is 204 g/mol. The fourth-order valence-corrected chi connectivity index (χ4v) is 2.65. The number of fused-ring (bicyclic) bond motifs is 2. The highest BCUT2D eigenvalue weighted by Gasteiger charge is 2.30. The highest BCUT2D eigenvalue weighted by molar-refractivity contribution is 5.36. The van der Waals surface area contributed by atoms with Gasteiger partial charge in [0.15, 0.2) is 0 Å². The summed E-state index contributed by atoms with van der Waals surface area (Å²) >= 11 is 0. The van der Waals surface area contributed by atoms with Crippen LogP contribution in [0, 0.1) is 0 Å². The molecule has 3 rings (SSSR count). The number of nitrogens with one attached hydrogen (secondary N) is 1. The zero-order valence-corrected chi connectivity index (χ0v) is 8.76. The standard InChI is InChI=1S/C11H16N4/c1-2-9-7-15(8-10(3-1)14-9)11-6-12-4-5-13-11/h4-6,9-10,14H,1-3,7-8H2. The van der Waals surface area contributed by atoms with Crippen LogP contribution in [0.25, 0.3) is 0 Å². The number of anilines is 1. The van der Waals surface area contributed by atoms with Crippen LogP contribution in [-0.4, -0.2) is 35.1 Å². The molecule has 4 heteroatoms. The first-order valence-corrected chi connectivity index (χ1v) is 5.69. The van der Waals surface area contributed by atoms with Crippen molar-refractivity contribution >= 4 is 5.82 Å². The van der Waals surface area contributed by atoms with Gasteiger partial charge in [0.05, 0.1) is 6.20 Å². The maximum atomic E-state index is 4.37. The van der Waals surface area contributed by atoms with E-state index in [4.69, 9.17) is 0 Å². The molecule has 0 aliphatic carbocycles. The van der Waals surface area contributed by atoms with E-state index in [1.807, 2.05) is 6.20 Å². The lowest BCUT2D eigenvalue weighted by Gasteiger charge is -2.42. The molecule has 0 aromatic carbocycles. The van der Waals surface area contributed by atoms with Gasteiger partial charge in [0.25, 0.3) is 0 Å². The van der Waals surface area contributed by atoms with Gasteiger partial charge >= 0.3 is 0 Å².